The van der Waals surface area contributed by atoms with Gasteiger partial charge in [-0.3, -0.25) is 0 Å². The van der Waals surface area contributed by atoms with Crippen molar-refractivity contribution in [2.75, 3.05) is 6.61 Å². The van der Waals surface area contributed by atoms with Gasteiger partial charge in [-0.25, -0.2) is 4.79 Å². The second kappa shape index (κ2) is 8.17. The van der Waals surface area contributed by atoms with Crippen molar-refractivity contribution in [3.63, 3.8) is 0 Å². The minimum atomic E-state index is -0.233. The van der Waals surface area contributed by atoms with Crippen LogP contribution in [0.3, 0.4) is 0 Å². The molecule has 1 aromatic rings. The summed E-state index contributed by atoms with van der Waals surface area (Å²) in [6, 6.07) is 7.64. The SMILES string of the molecule is CCC(CO)NC(=O)NC(C)Cc1cccc(Br)c1. The lowest BCUT2D eigenvalue weighted by Gasteiger charge is -2.18. The summed E-state index contributed by atoms with van der Waals surface area (Å²) < 4.78 is 1.04. The molecule has 4 nitrogen and oxygen atoms in total. The van der Waals surface area contributed by atoms with Crippen LogP contribution in [0.25, 0.3) is 0 Å². The van der Waals surface area contributed by atoms with Crippen LogP contribution in [0.1, 0.15) is 25.8 Å². The molecule has 0 saturated heterocycles. The van der Waals surface area contributed by atoms with Gasteiger partial charge in [0.05, 0.1) is 12.6 Å². The molecule has 3 N–H and O–H groups in total. The van der Waals surface area contributed by atoms with E-state index in [-0.39, 0.29) is 24.7 Å². The molecule has 2 unspecified atom stereocenters. The van der Waals surface area contributed by atoms with Crippen LogP contribution in [-0.2, 0) is 6.42 Å². The van der Waals surface area contributed by atoms with Crippen LogP contribution in [0.4, 0.5) is 4.79 Å². The number of hydrogen-bond donors (Lipinski definition) is 3. The van der Waals surface area contributed by atoms with Gasteiger partial charge >= 0.3 is 6.03 Å². The molecule has 0 radical (unpaired) electrons. The molecule has 1 aromatic carbocycles. The summed E-state index contributed by atoms with van der Waals surface area (Å²) >= 11 is 3.43. The fraction of sp³-hybridized carbons (Fsp3) is 0.500. The van der Waals surface area contributed by atoms with E-state index in [1.54, 1.807) is 0 Å². The molecule has 19 heavy (non-hydrogen) atoms. The van der Waals surface area contributed by atoms with E-state index in [1.165, 1.54) is 0 Å². The summed E-state index contributed by atoms with van der Waals surface area (Å²) in [6.07, 6.45) is 1.48. The number of urea groups is 1. The molecule has 1 rings (SSSR count). The Hall–Kier alpha value is -1.07. The Morgan fingerprint density at radius 2 is 2.16 bits per heavy atom. The molecule has 0 fully saturated rings. The average Bonchev–Trinajstić information content (AvgIpc) is 2.35. The van der Waals surface area contributed by atoms with Gasteiger partial charge < -0.3 is 15.7 Å². The number of aliphatic hydroxyl groups is 1. The molecule has 0 aliphatic rings. The Kier molecular flexibility index (Phi) is 6.87. The van der Waals surface area contributed by atoms with Crippen LogP contribution in [0.2, 0.25) is 0 Å². The molecule has 0 spiro atoms. The van der Waals surface area contributed by atoms with Gasteiger partial charge in [-0.15, -0.1) is 0 Å². The van der Waals surface area contributed by atoms with Gasteiger partial charge in [0, 0.05) is 10.5 Å². The van der Waals surface area contributed by atoms with Crippen LogP contribution in [0.5, 0.6) is 0 Å². The fourth-order valence-corrected chi connectivity index (χ4v) is 2.24. The standard InChI is InChI=1S/C14H21BrN2O2/c1-3-13(9-18)17-14(19)16-10(2)7-11-5-4-6-12(15)8-11/h4-6,8,10,13,18H,3,7,9H2,1-2H3,(H2,16,17,19). The highest BCUT2D eigenvalue weighted by atomic mass is 79.9. The molecule has 0 aromatic heterocycles. The molecule has 2 amide bonds. The average molecular weight is 329 g/mol. The normalized spacial score (nSPS) is 13.7. The maximum atomic E-state index is 11.7. The number of carbonyl (C=O) groups is 1. The molecular formula is C14H21BrN2O2. The van der Waals surface area contributed by atoms with Crippen molar-refractivity contribution in [1.82, 2.24) is 10.6 Å². The summed E-state index contributed by atoms with van der Waals surface area (Å²) in [7, 11) is 0. The van der Waals surface area contributed by atoms with E-state index in [1.807, 2.05) is 38.1 Å². The summed E-state index contributed by atoms with van der Waals surface area (Å²) in [5.74, 6) is 0. The van der Waals surface area contributed by atoms with E-state index in [4.69, 9.17) is 5.11 Å². The van der Waals surface area contributed by atoms with E-state index in [2.05, 4.69) is 26.6 Å². The Labute approximate surface area is 122 Å². The summed E-state index contributed by atoms with van der Waals surface area (Å²) in [5.41, 5.74) is 1.16. The first-order valence-electron chi connectivity index (χ1n) is 6.47. The van der Waals surface area contributed by atoms with E-state index >= 15 is 0 Å². The van der Waals surface area contributed by atoms with Crippen molar-refractivity contribution in [2.45, 2.75) is 38.8 Å². The zero-order chi connectivity index (χ0) is 14.3. The van der Waals surface area contributed by atoms with E-state index in [9.17, 15) is 4.79 Å². The molecule has 0 bridgehead atoms. The highest BCUT2D eigenvalue weighted by Crippen LogP contribution is 2.13. The Balaban J connectivity index is 2.42. The van der Waals surface area contributed by atoms with Crippen molar-refractivity contribution in [2.24, 2.45) is 0 Å². The number of hydrogen-bond acceptors (Lipinski definition) is 2. The molecule has 0 aliphatic carbocycles. The third-order valence-corrected chi connectivity index (χ3v) is 3.35. The number of nitrogens with one attached hydrogen (secondary N) is 2. The number of halogens is 1. The van der Waals surface area contributed by atoms with Gasteiger partial charge in [0.15, 0.2) is 0 Å². The molecule has 5 heteroatoms. The topological polar surface area (TPSA) is 61.4 Å². The monoisotopic (exact) mass is 328 g/mol. The first kappa shape index (κ1) is 16.0. The number of amides is 2. The molecule has 2 atom stereocenters. The van der Waals surface area contributed by atoms with Gasteiger partial charge in [0.25, 0.3) is 0 Å². The number of benzene rings is 1. The zero-order valence-corrected chi connectivity index (χ0v) is 12.9. The maximum Gasteiger partial charge on any atom is 0.315 e. The molecule has 106 valence electrons. The smallest absolute Gasteiger partial charge is 0.315 e. The Morgan fingerprint density at radius 1 is 1.42 bits per heavy atom. The third-order valence-electron chi connectivity index (χ3n) is 2.86. The molecular weight excluding hydrogens is 308 g/mol. The lowest BCUT2D eigenvalue weighted by atomic mass is 10.1. The van der Waals surface area contributed by atoms with Gasteiger partial charge in [-0.1, -0.05) is 35.0 Å². The van der Waals surface area contributed by atoms with Crippen molar-refractivity contribution in [3.05, 3.63) is 34.3 Å². The fourth-order valence-electron chi connectivity index (χ4n) is 1.80. The minimum Gasteiger partial charge on any atom is -0.394 e. The van der Waals surface area contributed by atoms with Gasteiger partial charge in [0.2, 0.25) is 0 Å². The van der Waals surface area contributed by atoms with Crippen molar-refractivity contribution < 1.29 is 9.90 Å². The van der Waals surface area contributed by atoms with Gasteiger partial charge in [0.1, 0.15) is 0 Å². The van der Waals surface area contributed by atoms with Gasteiger partial charge in [-0.05, 0) is 37.5 Å². The Bertz CT molecular complexity index is 408. The first-order valence-corrected chi connectivity index (χ1v) is 7.26. The van der Waals surface area contributed by atoms with Crippen LogP contribution in [0.15, 0.2) is 28.7 Å². The second-order valence-electron chi connectivity index (χ2n) is 4.64. The number of carbonyl (C=O) groups excluding carboxylic acids is 1. The lowest BCUT2D eigenvalue weighted by Crippen LogP contribution is -2.47. The van der Waals surface area contributed by atoms with Crippen LogP contribution >= 0.6 is 15.9 Å². The van der Waals surface area contributed by atoms with Crippen molar-refractivity contribution in [3.8, 4) is 0 Å². The number of rotatable bonds is 6. The zero-order valence-electron chi connectivity index (χ0n) is 11.3. The van der Waals surface area contributed by atoms with E-state index in [0.717, 1.165) is 16.5 Å². The highest BCUT2D eigenvalue weighted by molar-refractivity contribution is 9.10. The summed E-state index contributed by atoms with van der Waals surface area (Å²) in [4.78, 5) is 11.7. The minimum absolute atomic E-state index is 0.0329. The van der Waals surface area contributed by atoms with Crippen LogP contribution in [0, 0.1) is 0 Å². The largest absolute Gasteiger partial charge is 0.394 e. The highest BCUT2D eigenvalue weighted by Gasteiger charge is 2.11. The Morgan fingerprint density at radius 3 is 2.74 bits per heavy atom. The third kappa shape index (κ3) is 6.07. The second-order valence-corrected chi connectivity index (χ2v) is 5.56. The lowest BCUT2D eigenvalue weighted by molar-refractivity contribution is 0.212. The predicted molar refractivity (Wildman–Crippen MR) is 80.1 cm³/mol. The van der Waals surface area contributed by atoms with E-state index in [0.29, 0.717) is 6.42 Å². The molecule has 0 heterocycles. The van der Waals surface area contributed by atoms with Crippen molar-refractivity contribution in [1.29, 1.82) is 0 Å². The van der Waals surface area contributed by atoms with Gasteiger partial charge in [-0.2, -0.15) is 0 Å². The first-order chi connectivity index (χ1) is 9.05. The summed E-state index contributed by atoms with van der Waals surface area (Å²) in [5, 5.41) is 14.6. The molecule has 0 aliphatic heterocycles. The summed E-state index contributed by atoms with van der Waals surface area (Å²) in [6.45, 7) is 3.84. The van der Waals surface area contributed by atoms with E-state index < -0.39 is 0 Å². The molecule has 0 saturated carbocycles. The van der Waals surface area contributed by atoms with Crippen LogP contribution < -0.4 is 10.6 Å². The predicted octanol–water partition coefficient (Wildman–Crippen LogP) is 2.45. The number of aliphatic hydroxyl groups excluding tert-OH is 1. The van der Waals surface area contributed by atoms with Crippen LogP contribution in [-0.4, -0.2) is 29.8 Å². The maximum absolute atomic E-state index is 11.7. The quantitative estimate of drug-likeness (QED) is 0.751. The van der Waals surface area contributed by atoms with Crippen molar-refractivity contribution >= 4 is 22.0 Å².